The smallest absolute Gasteiger partial charge is 0.0613 e. The van der Waals surface area contributed by atoms with Crippen molar-refractivity contribution >= 4 is 0 Å². The van der Waals surface area contributed by atoms with Gasteiger partial charge in [-0.1, -0.05) is 39.5 Å². The summed E-state index contributed by atoms with van der Waals surface area (Å²) < 4.78 is 0. The quantitative estimate of drug-likeness (QED) is 0.688. The molecular formula is C13H27NO. The average molecular weight is 213 g/mol. The second-order valence-corrected chi connectivity index (χ2v) is 5.05. The fourth-order valence-electron chi connectivity index (χ4n) is 2.94. The standard InChI is InChI=1S/C13H27NO/c1-3-6-12-7-5-9-13(11-15,10-8-12)14-4-2/h12,14-15H,3-11H2,1-2H3. The molecule has 90 valence electrons. The van der Waals surface area contributed by atoms with Gasteiger partial charge in [-0.2, -0.15) is 0 Å². The molecule has 1 aliphatic rings. The van der Waals surface area contributed by atoms with Crippen LogP contribution in [0.1, 0.15) is 58.8 Å². The Morgan fingerprint density at radius 3 is 2.67 bits per heavy atom. The molecule has 2 atom stereocenters. The van der Waals surface area contributed by atoms with E-state index in [1.807, 2.05) is 0 Å². The first kappa shape index (κ1) is 13.0. The van der Waals surface area contributed by atoms with Crippen LogP contribution in [0.5, 0.6) is 0 Å². The SMILES string of the molecule is CCCC1CCCC(CO)(NCC)CC1. The molecule has 0 saturated heterocycles. The lowest BCUT2D eigenvalue weighted by atomic mass is 9.89. The van der Waals surface area contributed by atoms with E-state index in [9.17, 15) is 5.11 Å². The van der Waals surface area contributed by atoms with E-state index in [4.69, 9.17) is 0 Å². The zero-order valence-electron chi connectivity index (χ0n) is 10.4. The summed E-state index contributed by atoms with van der Waals surface area (Å²) in [7, 11) is 0. The van der Waals surface area contributed by atoms with Crippen LogP contribution < -0.4 is 5.32 Å². The predicted molar refractivity (Wildman–Crippen MR) is 65.0 cm³/mol. The van der Waals surface area contributed by atoms with E-state index in [0.717, 1.165) is 25.3 Å². The summed E-state index contributed by atoms with van der Waals surface area (Å²) in [5, 5.41) is 13.1. The largest absolute Gasteiger partial charge is 0.394 e. The Bertz CT molecular complexity index is 172. The van der Waals surface area contributed by atoms with Crippen LogP contribution in [0.15, 0.2) is 0 Å². The number of aliphatic hydroxyl groups is 1. The van der Waals surface area contributed by atoms with Crippen molar-refractivity contribution in [2.24, 2.45) is 5.92 Å². The maximum atomic E-state index is 9.55. The molecule has 2 unspecified atom stereocenters. The molecule has 0 radical (unpaired) electrons. The third-order valence-corrected chi connectivity index (χ3v) is 3.85. The molecular weight excluding hydrogens is 186 g/mol. The van der Waals surface area contributed by atoms with Crippen LogP contribution in [0.25, 0.3) is 0 Å². The van der Waals surface area contributed by atoms with Gasteiger partial charge in [0, 0.05) is 5.54 Å². The van der Waals surface area contributed by atoms with Crippen molar-refractivity contribution in [3.63, 3.8) is 0 Å². The highest BCUT2D eigenvalue weighted by Crippen LogP contribution is 2.32. The van der Waals surface area contributed by atoms with Gasteiger partial charge >= 0.3 is 0 Å². The van der Waals surface area contributed by atoms with Crippen molar-refractivity contribution in [2.75, 3.05) is 13.2 Å². The summed E-state index contributed by atoms with van der Waals surface area (Å²) in [4.78, 5) is 0. The Morgan fingerprint density at radius 2 is 2.07 bits per heavy atom. The zero-order valence-corrected chi connectivity index (χ0v) is 10.4. The van der Waals surface area contributed by atoms with Gasteiger partial charge in [-0.05, 0) is 31.7 Å². The minimum Gasteiger partial charge on any atom is -0.394 e. The van der Waals surface area contributed by atoms with Crippen LogP contribution in [0.4, 0.5) is 0 Å². The average Bonchev–Trinajstić information content (AvgIpc) is 2.44. The second-order valence-electron chi connectivity index (χ2n) is 5.05. The van der Waals surface area contributed by atoms with Crippen LogP contribution in [0, 0.1) is 5.92 Å². The Hall–Kier alpha value is -0.0800. The van der Waals surface area contributed by atoms with E-state index in [-0.39, 0.29) is 5.54 Å². The van der Waals surface area contributed by atoms with Crippen molar-refractivity contribution in [3.8, 4) is 0 Å². The summed E-state index contributed by atoms with van der Waals surface area (Å²) in [6.45, 7) is 5.68. The van der Waals surface area contributed by atoms with E-state index in [0.29, 0.717) is 6.61 Å². The summed E-state index contributed by atoms with van der Waals surface area (Å²) in [6.07, 6.45) is 8.91. The van der Waals surface area contributed by atoms with Crippen LogP contribution in [0.2, 0.25) is 0 Å². The Kier molecular flexibility index (Phi) is 5.62. The minimum atomic E-state index is 0.0389. The molecule has 0 amide bonds. The number of aliphatic hydroxyl groups excluding tert-OH is 1. The van der Waals surface area contributed by atoms with Crippen LogP contribution >= 0.6 is 0 Å². The fraction of sp³-hybridized carbons (Fsp3) is 1.00. The Balaban J connectivity index is 2.48. The minimum absolute atomic E-state index is 0.0389. The van der Waals surface area contributed by atoms with Gasteiger partial charge in [0.2, 0.25) is 0 Å². The summed E-state index contributed by atoms with van der Waals surface area (Å²) in [5.41, 5.74) is 0.0389. The lowest BCUT2D eigenvalue weighted by molar-refractivity contribution is 0.144. The maximum absolute atomic E-state index is 9.55. The van der Waals surface area contributed by atoms with E-state index >= 15 is 0 Å². The normalized spacial score (nSPS) is 32.6. The molecule has 0 aliphatic heterocycles. The Labute approximate surface area is 94.5 Å². The highest BCUT2D eigenvalue weighted by Gasteiger charge is 2.31. The van der Waals surface area contributed by atoms with Gasteiger partial charge in [-0.25, -0.2) is 0 Å². The van der Waals surface area contributed by atoms with Gasteiger partial charge in [-0.3, -0.25) is 0 Å². The molecule has 0 aromatic rings. The fourth-order valence-corrected chi connectivity index (χ4v) is 2.94. The molecule has 15 heavy (non-hydrogen) atoms. The second kappa shape index (κ2) is 6.49. The van der Waals surface area contributed by atoms with Gasteiger partial charge in [0.25, 0.3) is 0 Å². The van der Waals surface area contributed by atoms with E-state index < -0.39 is 0 Å². The van der Waals surface area contributed by atoms with Crippen LogP contribution in [-0.4, -0.2) is 23.8 Å². The molecule has 0 spiro atoms. The molecule has 2 heteroatoms. The number of hydrogen-bond donors (Lipinski definition) is 2. The zero-order chi connectivity index (χ0) is 11.1. The summed E-state index contributed by atoms with van der Waals surface area (Å²) in [5.74, 6) is 0.905. The molecule has 2 nitrogen and oxygen atoms in total. The molecule has 2 N–H and O–H groups in total. The van der Waals surface area contributed by atoms with E-state index in [2.05, 4.69) is 19.2 Å². The number of nitrogens with one attached hydrogen (secondary N) is 1. The maximum Gasteiger partial charge on any atom is 0.0613 e. The first-order valence-electron chi connectivity index (χ1n) is 6.62. The van der Waals surface area contributed by atoms with Crippen molar-refractivity contribution in [1.82, 2.24) is 5.32 Å². The lowest BCUT2D eigenvalue weighted by Crippen LogP contribution is -2.48. The third kappa shape index (κ3) is 3.76. The lowest BCUT2D eigenvalue weighted by Gasteiger charge is -2.31. The van der Waals surface area contributed by atoms with Crippen molar-refractivity contribution in [2.45, 2.75) is 64.3 Å². The first-order chi connectivity index (χ1) is 7.26. The molecule has 1 rings (SSSR count). The number of rotatable bonds is 5. The van der Waals surface area contributed by atoms with Crippen LogP contribution in [-0.2, 0) is 0 Å². The van der Waals surface area contributed by atoms with Crippen molar-refractivity contribution < 1.29 is 5.11 Å². The third-order valence-electron chi connectivity index (χ3n) is 3.85. The molecule has 0 aromatic heterocycles. The van der Waals surface area contributed by atoms with Gasteiger partial charge < -0.3 is 10.4 Å². The molecule has 1 aliphatic carbocycles. The Morgan fingerprint density at radius 1 is 1.27 bits per heavy atom. The summed E-state index contributed by atoms with van der Waals surface area (Å²) >= 11 is 0. The van der Waals surface area contributed by atoms with Gasteiger partial charge in [0.05, 0.1) is 6.61 Å². The topological polar surface area (TPSA) is 32.3 Å². The van der Waals surface area contributed by atoms with E-state index in [1.165, 1.54) is 32.1 Å². The number of likely N-dealkylation sites (N-methyl/N-ethyl adjacent to an activating group) is 1. The van der Waals surface area contributed by atoms with Crippen molar-refractivity contribution in [1.29, 1.82) is 0 Å². The molecule has 1 saturated carbocycles. The number of hydrogen-bond acceptors (Lipinski definition) is 2. The summed E-state index contributed by atoms with van der Waals surface area (Å²) in [6, 6.07) is 0. The van der Waals surface area contributed by atoms with Gasteiger partial charge in [0.1, 0.15) is 0 Å². The van der Waals surface area contributed by atoms with Gasteiger partial charge in [-0.15, -0.1) is 0 Å². The molecule has 1 fully saturated rings. The monoisotopic (exact) mass is 213 g/mol. The molecule has 0 heterocycles. The molecule has 0 aromatic carbocycles. The highest BCUT2D eigenvalue weighted by atomic mass is 16.3. The van der Waals surface area contributed by atoms with E-state index in [1.54, 1.807) is 0 Å². The van der Waals surface area contributed by atoms with Crippen molar-refractivity contribution in [3.05, 3.63) is 0 Å². The van der Waals surface area contributed by atoms with Crippen LogP contribution in [0.3, 0.4) is 0 Å². The molecule has 0 bridgehead atoms. The first-order valence-corrected chi connectivity index (χ1v) is 6.62. The highest BCUT2D eigenvalue weighted by molar-refractivity contribution is 4.90. The van der Waals surface area contributed by atoms with Gasteiger partial charge in [0.15, 0.2) is 0 Å². The predicted octanol–water partition coefficient (Wildman–Crippen LogP) is 2.71.